The highest BCUT2D eigenvalue weighted by Crippen LogP contribution is 2.41. The molecule has 136 valence electrons. The second-order valence-corrected chi connectivity index (χ2v) is 8.25. The van der Waals surface area contributed by atoms with E-state index in [-0.39, 0.29) is 11.8 Å². The minimum atomic E-state index is 0.104. The van der Waals surface area contributed by atoms with E-state index in [2.05, 4.69) is 4.98 Å². The molecule has 26 heavy (non-hydrogen) atoms. The van der Waals surface area contributed by atoms with Crippen LogP contribution in [-0.2, 0) is 0 Å². The Morgan fingerprint density at radius 1 is 0.885 bits per heavy atom. The van der Waals surface area contributed by atoms with E-state index in [1.54, 1.807) is 24.5 Å². The van der Waals surface area contributed by atoms with Gasteiger partial charge in [0.2, 0.25) is 0 Å². The first-order valence-electron chi connectivity index (χ1n) is 9.19. The van der Waals surface area contributed by atoms with Crippen LogP contribution in [0.3, 0.4) is 0 Å². The second-order valence-electron chi connectivity index (χ2n) is 7.30. The van der Waals surface area contributed by atoms with Crippen molar-refractivity contribution >= 4 is 23.2 Å². The Hall–Kier alpha value is -2.21. The third-order valence-electron chi connectivity index (χ3n) is 5.88. The van der Waals surface area contributed by atoms with Gasteiger partial charge in [0, 0.05) is 44.1 Å². The molecule has 2 aromatic heterocycles. The van der Waals surface area contributed by atoms with Gasteiger partial charge < -0.3 is 9.80 Å². The summed E-state index contributed by atoms with van der Waals surface area (Å²) < 4.78 is 0. The molecule has 0 unspecified atom stereocenters. The second kappa shape index (κ2) is 7.19. The van der Waals surface area contributed by atoms with E-state index < -0.39 is 0 Å². The monoisotopic (exact) mass is 369 g/mol. The summed E-state index contributed by atoms with van der Waals surface area (Å²) in [6.45, 7) is 3.27. The fourth-order valence-corrected chi connectivity index (χ4v) is 4.79. The fraction of sp³-hybridized carbons (Fsp3) is 0.450. The van der Waals surface area contributed by atoms with Gasteiger partial charge in [0.25, 0.3) is 11.8 Å². The molecule has 2 aliphatic rings. The Morgan fingerprint density at radius 2 is 1.46 bits per heavy atom. The summed E-state index contributed by atoms with van der Waals surface area (Å²) in [5.41, 5.74) is 1.01. The van der Waals surface area contributed by atoms with Crippen LogP contribution in [0.15, 0.2) is 42.0 Å². The van der Waals surface area contributed by atoms with Gasteiger partial charge in [-0.05, 0) is 54.7 Å². The molecule has 0 aromatic carbocycles. The summed E-state index contributed by atoms with van der Waals surface area (Å²) in [6, 6.07) is 7.39. The van der Waals surface area contributed by atoms with Crippen LogP contribution in [0.25, 0.3) is 0 Å². The number of aromatic nitrogens is 1. The Labute approximate surface area is 157 Å². The molecule has 2 fully saturated rings. The Balaban J connectivity index is 1.32. The SMILES string of the molecule is O=C(c1ccncc1)N1CCC2(CC1)CCN(C(=O)c1cccs1)CC2. The summed E-state index contributed by atoms with van der Waals surface area (Å²) in [7, 11) is 0. The van der Waals surface area contributed by atoms with Gasteiger partial charge in [-0.1, -0.05) is 6.07 Å². The third-order valence-corrected chi connectivity index (χ3v) is 6.74. The lowest BCUT2D eigenvalue weighted by atomic mass is 9.71. The molecule has 0 radical (unpaired) electrons. The van der Waals surface area contributed by atoms with Crippen LogP contribution in [0, 0.1) is 5.41 Å². The molecule has 1 spiro atoms. The molecule has 2 aromatic rings. The highest BCUT2D eigenvalue weighted by Gasteiger charge is 2.39. The van der Waals surface area contributed by atoms with Gasteiger partial charge in [-0.15, -0.1) is 11.3 Å². The van der Waals surface area contributed by atoms with Gasteiger partial charge in [-0.25, -0.2) is 0 Å². The van der Waals surface area contributed by atoms with Crippen LogP contribution in [0.5, 0.6) is 0 Å². The van der Waals surface area contributed by atoms with Crippen molar-refractivity contribution in [2.24, 2.45) is 5.41 Å². The van der Waals surface area contributed by atoms with Crippen molar-refractivity contribution in [2.75, 3.05) is 26.2 Å². The average molecular weight is 369 g/mol. The van der Waals surface area contributed by atoms with Crippen molar-refractivity contribution in [1.29, 1.82) is 0 Å². The molecule has 2 amide bonds. The van der Waals surface area contributed by atoms with Crippen molar-refractivity contribution in [3.05, 3.63) is 52.5 Å². The quantitative estimate of drug-likeness (QED) is 0.816. The van der Waals surface area contributed by atoms with Gasteiger partial charge in [-0.3, -0.25) is 14.6 Å². The predicted molar refractivity (Wildman–Crippen MR) is 101 cm³/mol. The summed E-state index contributed by atoms with van der Waals surface area (Å²) in [5.74, 6) is 0.271. The van der Waals surface area contributed by atoms with E-state index >= 15 is 0 Å². The minimum absolute atomic E-state index is 0.104. The van der Waals surface area contributed by atoms with Gasteiger partial charge >= 0.3 is 0 Å². The van der Waals surface area contributed by atoms with Crippen LogP contribution in [0.2, 0.25) is 0 Å². The van der Waals surface area contributed by atoms with E-state index in [9.17, 15) is 9.59 Å². The molecule has 0 aliphatic carbocycles. The van der Waals surface area contributed by atoms with Gasteiger partial charge in [0.1, 0.15) is 0 Å². The zero-order valence-corrected chi connectivity index (χ0v) is 15.6. The standard InChI is InChI=1S/C20H23N3O2S/c24-18(16-3-9-21-10-4-16)22-11-5-20(6-12-22)7-13-23(14-8-20)19(25)17-2-1-15-26-17/h1-4,9-10,15H,5-8,11-14H2. The van der Waals surface area contributed by atoms with Crippen molar-refractivity contribution < 1.29 is 9.59 Å². The summed E-state index contributed by atoms with van der Waals surface area (Å²) in [5, 5.41) is 1.95. The lowest BCUT2D eigenvalue weighted by Crippen LogP contribution is -2.49. The summed E-state index contributed by atoms with van der Waals surface area (Å²) >= 11 is 1.51. The van der Waals surface area contributed by atoms with Gasteiger partial charge in [-0.2, -0.15) is 0 Å². The first-order chi connectivity index (χ1) is 12.7. The molecule has 0 N–H and O–H groups in total. The molecular formula is C20H23N3O2S. The first-order valence-corrected chi connectivity index (χ1v) is 10.1. The smallest absolute Gasteiger partial charge is 0.263 e. The molecule has 2 saturated heterocycles. The topological polar surface area (TPSA) is 53.5 Å². The van der Waals surface area contributed by atoms with Crippen molar-refractivity contribution in [3.63, 3.8) is 0 Å². The maximum atomic E-state index is 12.6. The highest BCUT2D eigenvalue weighted by atomic mass is 32.1. The lowest BCUT2D eigenvalue weighted by molar-refractivity contribution is 0.0282. The molecule has 2 aliphatic heterocycles. The van der Waals surface area contributed by atoms with E-state index in [1.807, 2.05) is 27.3 Å². The average Bonchev–Trinajstić information content (AvgIpc) is 3.24. The number of hydrogen-bond donors (Lipinski definition) is 0. The number of pyridine rings is 1. The molecule has 6 heteroatoms. The van der Waals surface area contributed by atoms with E-state index in [0.29, 0.717) is 11.0 Å². The molecule has 4 rings (SSSR count). The highest BCUT2D eigenvalue weighted by molar-refractivity contribution is 7.12. The summed E-state index contributed by atoms with van der Waals surface area (Å²) in [6.07, 6.45) is 7.48. The first kappa shape index (κ1) is 17.2. The zero-order valence-electron chi connectivity index (χ0n) is 14.8. The maximum Gasteiger partial charge on any atom is 0.263 e. The molecule has 5 nitrogen and oxygen atoms in total. The Morgan fingerprint density at radius 3 is 2.00 bits per heavy atom. The number of carbonyl (C=O) groups is 2. The largest absolute Gasteiger partial charge is 0.339 e. The number of piperidine rings is 2. The fourth-order valence-electron chi connectivity index (χ4n) is 4.10. The Kier molecular flexibility index (Phi) is 4.76. The molecule has 0 bridgehead atoms. The van der Waals surface area contributed by atoms with Crippen molar-refractivity contribution in [2.45, 2.75) is 25.7 Å². The molecule has 0 saturated carbocycles. The predicted octanol–water partition coefficient (Wildman–Crippen LogP) is 3.30. The molecule has 0 atom stereocenters. The normalized spacial score (nSPS) is 19.5. The summed E-state index contributed by atoms with van der Waals surface area (Å²) in [4.78, 5) is 33.9. The lowest BCUT2D eigenvalue weighted by Gasteiger charge is -2.46. The Bertz CT molecular complexity index is 758. The van der Waals surface area contributed by atoms with E-state index in [4.69, 9.17) is 0 Å². The zero-order chi connectivity index (χ0) is 18.0. The number of amides is 2. The molecule has 4 heterocycles. The van der Waals surface area contributed by atoms with Crippen molar-refractivity contribution in [1.82, 2.24) is 14.8 Å². The molecular weight excluding hydrogens is 346 g/mol. The van der Waals surface area contributed by atoms with Crippen LogP contribution < -0.4 is 0 Å². The van der Waals surface area contributed by atoms with E-state index in [0.717, 1.165) is 56.7 Å². The number of nitrogens with zero attached hydrogens (tertiary/aromatic N) is 3. The number of hydrogen-bond acceptors (Lipinski definition) is 4. The maximum absolute atomic E-state index is 12.6. The van der Waals surface area contributed by atoms with Crippen LogP contribution >= 0.6 is 11.3 Å². The van der Waals surface area contributed by atoms with E-state index in [1.165, 1.54) is 11.3 Å². The number of likely N-dealkylation sites (tertiary alicyclic amines) is 2. The number of carbonyl (C=O) groups excluding carboxylic acids is 2. The third kappa shape index (κ3) is 3.38. The minimum Gasteiger partial charge on any atom is -0.339 e. The number of thiophene rings is 1. The van der Waals surface area contributed by atoms with Gasteiger partial charge in [0.15, 0.2) is 0 Å². The number of rotatable bonds is 2. The van der Waals surface area contributed by atoms with Crippen LogP contribution in [-0.4, -0.2) is 52.8 Å². The van der Waals surface area contributed by atoms with Gasteiger partial charge in [0.05, 0.1) is 4.88 Å². The van der Waals surface area contributed by atoms with Crippen molar-refractivity contribution in [3.8, 4) is 0 Å². The van der Waals surface area contributed by atoms with Crippen LogP contribution in [0.1, 0.15) is 45.7 Å². The van der Waals surface area contributed by atoms with Crippen LogP contribution in [0.4, 0.5) is 0 Å².